The second kappa shape index (κ2) is 8.79. The van der Waals surface area contributed by atoms with Crippen LogP contribution in [0.3, 0.4) is 0 Å². The summed E-state index contributed by atoms with van der Waals surface area (Å²) in [5, 5.41) is 7.32. The molecule has 4 aromatic rings. The monoisotopic (exact) mass is 420 g/mol. The molecule has 4 rings (SSSR count). The van der Waals surface area contributed by atoms with Gasteiger partial charge < -0.3 is 0 Å². The number of halogens is 1. The summed E-state index contributed by atoms with van der Waals surface area (Å²) in [7, 11) is 0. The number of carbonyl (C=O) groups excluding carboxylic acids is 1. The molecule has 6 nitrogen and oxygen atoms in total. The van der Waals surface area contributed by atoms with Crippen LogP contribution in [0, 0.1) is 5.82 Å². The molecule has 150 valence electrons. The van der Waals surface area contributed by atoms with E-state index in [-0.39, 0.29) is 23.6 Å². The number of rotatable bonds is 6. The third kappa shape index (κ3) is 4.84. The molecule has 2 aromatic carbocycles. The Kier molecular flexibility index (Phi) is 5.76. The fourth-order valence-electron chi connectivity index (χ4n) is 2.85. The smallest absolute Gasteiger partial charge is 0.277 e. The molecule has 0 fully saturated rings. The maximum atomic E-state index is 13.0. The molecule has 2 heterocycles. The molecule has 0 spiro atoms. The Bertz CT molecular complexity index is 1220. The van der Waals surface area contributed by atoms with Crippen molar-refractivity contribution in [2.75, 3.05) is 5.32 Å². The van der Waals surface area contributed by atoms with Crippen molar-refractivity contribution in [2.45, 2.75) is 13.0 Å². The van der Waals surface area contributed by atoms with Crippen LogP contribution in [-0.4, -0.2) is 20.7 Å². The Hall–Kier alpha value is -3.65. The largest absolute Gasteiger partial charge is 0.296 e. The average Bonchev–Trinajstić information content (AvgIpc) is 3.19. The summed E-state index contributed by atoms with van der Waals surface area (Å²) in [5.74, 6) is -0.725. The summed E-state index contributed by atoms with van der Waals surface area (Å²) in [5.41, 5.74) is 1.70. The van der Waals surface area contributed by atoms with Crippen LogP contribution < -0.4 is 10.9 Å². The van der Waals surface area contributed by atoms with E-state index in [9.17, 15) is 14.0 Å². The van der Waals surface area contributed by atoms with Crippen molar-refractivity contribution in [3.63, 3.8) is 0 Å². The number of nitrogens with zero attached hydrogens (tertiary/aromatic N) is 3. The van der Waals surface area contributed by atoms with E-state index in [1.807, 2.05) is 30.3 Å². The molecule has 30 heavy (non-hydrogen) atoms. The highest BCUT2D eigenvalue weighted by Crippen LogP contribution is 2.21. The fraction of sp³-hybridized carbons (Fsp3) is 0.0909. The van der Waals surface area contributed by atoms with Gasteiger partial charge in [-0.2, -0.15) is 5.10 Å². The maximum Gasteiger partial charge on any atom is 0.277 e. The molecule has 0 aliphatic carbocycles. The van der Waals surface area contributed by atoms with Gasteiger partial charge in [0.05, 0.1) is 6.54 Å². The Morgan fingerprint density at radius 2 is 1.77 bits per heavy atom. The Labute approximate surface area is 175 Å². The maximum absolute atomic E-state index is 13.0. The standard InChI is InChI=1S/C22H17FN4O2S/c23-17-8-6-15(7-9-17)12-18-13-24-22(30-18)25-21(29)19-10-11-20(28)27(26-19)14-16-4-2-1-3-5-16/h1-11,13H,12,14H2,(H,24,25,29). The summed E-state index contributed by atoms with van der Waals surface area (Å²) in [4.78, 5) is 29.8. The summed E-state index contributed by atoms with van der Waals surface area (Å²) >= 11 is 1.33. The number of nitrogens with one attached hydrogen (secondary N) is 1. The molecule has 0 saturated carbocycles. The van der Waals surface area contributed by atoms with Gasteiger partial charge in [0.2, 0.25) is 0 Å². The number of carbonyl (C=O) groups is 1. The first-order valence-corrected chi connectivity index (χ1v) is 10.0. The lowest BCUT2D eigenvalue weighted by Crippen LogP contribution is -2.26. The zero-order valence-electron chi connectivity index (χ0n) is 15.8. The highest BCUT2D eigenvalue weighted by atomic mass is 32.1. The van der Waals surface area contributed by atoms with Crippen molar-refractivity contribution in [2.24, 2.45) is 0 Å². The minimum absolute atomic E-state index is 0.126. The molecular weight excluding hydrogens is 403 g/mol. The molecule has 0 aliphatic rings. The van der Waals surface area contributed by atoms with E-state index in [0.29, 0.717) is 11.6 Å². The number of anilines is 1. The summed E-state index contributed by atoms with van der Waals surface area (Å²) in [6, 6.07) is 18.4. The van der Waals surface area contributed by atoms with Gasteiger partial charge >= 0.3 is 0 Å². The van der Waals surface area contributed by atoms with Crippen LogP contribution in [0.4, 0.5) is 9.52 Å². The second-order valence-corrected chi connectivity index (χ2v) is 7.70. The zero-order valence-corrected chi connectivity index (χ0v) is 16.6. The molecule has 0 saturated heterocycles. The van der Waals surface area contributed by atoms with Gasteiger partial charge in [-0.15, -0.1) is 11.3 Å². The third-order valence-electron chi connectivity index (χ3n) is 4.34. The average molecular weight is 420 g/mol. The van der Waals surface area contributed by atoms with Crippen molar-refractivity contribution < 1.29 is 9.18 Å². The van der Waals surface area contributed by atoms with Gasteiger partial charge in [0.1, 0.15) is 11.5 Å². The minimum atomic E-state index is -0.445. The van der Waals surface area contributed by atoms with Crippen molar-refractivity contribution in [3.8, 4) is 0 Å². The molecule has 1 amide bonds. The van der Waals surface area contributed by atoms with Gasteiger partial charge in [-0.1, -0.05) is 42.5 Å². The quantitative estimate of drug-likeness (QED) is 0.516. The van der Waals surface area contributed by atoms with Gasteiger partial charge in [0.25, 0.3) is 11.5 Å². The minimum Gasteiger partial charge on any atom is -0.296 e. The van der Waals surface area contributed by atoms with Crippen LogP contribution in [0.15, 0.2) is 77.7 Å². The zero-order chi connectivity index (χ0) is 20.9. The number of hydrogen-bond acceptors (Lipinski definition) is 5. The van der Waals surface area contributed by atoms with Gasteiger partial charge in [-0.25, -0.2) is 14.1 Å². The van der Waals surface area contributed by atoms with Crippen LogP contribution in [0.25, 0.3) is 0 Å². The van der Waals surface area contributed by atoms with Crippen LogP contribution in [-0.2, 0) is 13.0 Å². The first kappa shape index (κ1) is 19.7. The lowest BCUT2D eigenvalue weighted by Gasteiger charge is -2.07. The molecule has 8 heteroatoms. The number of aromatic nitrogens is 3. The van der Waals surface area contributed by atoms with E-state index in [4.69, 9.17) is 0 Å². The van der Waals surface area contributed by atoms with E-state index in [1.54, 1.807) is 18.3 Å². The van der Waals surface area contributed by atoms with Crippen LogP contribution >= 0.6 is 11.3 Å². The second-order valence-electron chi connectivity index (χ2n) is 6.59. The lowest BCUT2D eigenvalue weighted by molar-refractivity contribution is 0.102. The van der Waals surface area contributed by atoms with Gasteiger partial charge in [0.15, 0.2) is 5.13 Å². The van der Waals surface area contributed by atoms with E-state index in [1.165, 1.54) is 40.3 Å². The third-order valence-corrected chi connectivity index (χ3v) is 5.25. The van der Waals surface area contributed by atoms with Crippen LogP contribution in [0.5, 0.6) is 0 Å². The summed E-state index contributed by atoms with van der Waals surface area (Å²) in [6.07, 6.45) is 2.27. The Morgan fingerprint density at radius 1 is 1.00 bits per heavy atom. The molecule has 2 aromatic heterocycles. The van der Waals surface area contributed by atoms with Gasteiger partial charge in [-0.3, -0.25) is 14.9 Å². The van der Waals surface area contributed by atoms with Crippen molar-refractivity contribution in [1.82, 2.24) is 14.8 Å². The summed E-state index contributed by atoms with van der Waals surface area (Å²) in [6.45, 7) is 0.278. The Balaban J connectivity index is 1.45. The summed E-state index contributed by atoms with van der Waals surface area (Å²) < 4.78 is 14.3. The van der Waals surface area contributed by atoms with E-state index >= 15 is 0 Å². The fourth-order valence-corrected chi connectivity index (χ4v) is 3.69. The number of hydrogen-bond donors (Lipinski definition) is 1. The number of thiazole rings is 1. The first-order chi connectivity index (χ1) is 14.6. The van der Waals surface area contributed by atoms with Crippen molar-refractivity contribution in [3.05, 3.63) is 111 Å². The molecular formula is C22H17FN4O2S. The SMILES string of the molecule is O=C(Nc1ncc(Cc2ccc(F)cc2)s1)c1ccc(=O)n(Cc2ccccc2)n1. The van der Waals surface area contributed by atoms with E-state index in [0.717, 1.165) is 16.0 Å². The van der Waals surface area contributed by atoms with E-state index in [2.05, 4.69) is 15.4 Å². The molecule has 0 unspecified atom stereocenters. The van der Waals surface area contributed by atoms with Crippen LogP contribution in [0.2, 0.25) is 0 Å². The van der Waals surface area contributed by atoms with Gasteiger partial charge in [0, 0.05) is 23.6 Å². The predicted molar refractivity (Wildman–Crippen MR) is 113 cm³/mol. The molecule has 0 atom stereocenters. The van der Waals surface area contributed by atoms with Crippen molar-refractivity contribution >= 4 is 22.4 Å². The van der Waals surface area contributed by atoms with Crippen LogP contribution in [0.1, 0.15) is 26.5 Å². The number of benzene rings is 2. The topological polar surface area (TPSA) is 76.9 Å². The van der Waals surface area contributed by atoms with Gasteiger partial charge in [-0.05, 0) is 29.3 Å². The molecule has 1 N–H and O–H groups in total. The van der Waals surface area contributed by atoms with Crippen molar-refractivity contribution in [1.29, 1.82) is 0 Å². The molecule has 0 bridgehead atoms. The first-order valence-electron chi connectivity index (χ1n) is 9.19. The highest BCUT2D eigenvalue weighted by Gasteiger charge is 2.13. The molecule has 0 radical (unpaired) electrons. The molecule has 0 aliphatic heterocycles. The van der Waals surface area contributed by atoms with E-state index < -0.39 is 5.91 Å². The Morgan fingerprint density at radius 3 is 2.53 bits per heavy atom. The highest BCUT2D eigenvalue weighted by molar-refractivity contribution is 7.15. The normalized spacial score (nSPS) is 10.7. The predicted octanol–water partition coefficient (Wildman–Crippen LogP) is 3.73. The number of amides is 1. The lowest BCUT2D eigenvalue weighted by atomic mass is 10.1.